The van der Waals surface area contributed by atoms with Gasteiger partial charge in [0.15, 0.2) is 6.10 Å². The van der Waals surface area contributed by atoms with Crippen LogP contribution in [0.2, 0.25) is 0 Å². The zero-order valence-electron chi connectivity index (χ0n) is 7.29. The molecular weight excluding hydrogens is 194 g/mol. The second-order valence-corrected chi connectivity index (χ2v) is 2.85. The molecule has 0 spiro atoms. The van der Waals surface area contributed by atoms with Gasteiger partial charge in [0.1, 0.15) is 11.6 Å². The minimum Gasteiger partial charge on any atom is -0.479 e. The number of halogens is 2. The van der Waals surface area contributed by atoms with Gasteiger partial charge in [-0.25, -0.2) is 13.6 Å². The lowest BCUT2D eigenvalue weighted by Gasteiger charge is -2.07. The third-order valence-corrected chi connectivity index (χ3v) is 1.85. The van der Waals surface area contributed by atoms with Crippen LogP contribution in [0.4, 0.5) is 8.78 Å². The lowest BCUT2D eigenvalue weighted by Crippen LogP contribution is -2.11. The lowest BCUT2D eigenvalue weighted by atomic mass is 10.1. The minimum absolute atomic E-state index is 0.202. The summed E-state index contributed by atoms with van der Waals surface area (Å²) in [5.41, 5.74) is -0.510. The summed E-state index contributed by atoms with van der Waals surface area (Å²) in [6.07, 6.45) is -1.90. The maximum atomic E-state index is 12.9. The molecule has 1 aromatic carbocycles. The number of benzene rings is 1. The molecule has 1 unspecified atom stereocenters. The Hall–Kier alpha value is -1.49. The second-order valence-electron chi connectivity index (χ2n) is 2.85. The Kier molecular flexibility index (Phi) is 2.81. The van der Waals surface area contributed by atoms with Crippen LogP contribution in [-0.2, 0) is 4.79 Å². The summed E-state index contributed by atoms with van der Waals surface area (Å²) in [6.45, 7) is 1.22. The summed E-state index contributed by atoms with van der Waals surface area (Å²) >= 11 is 0. The average molecular weight is 202 g/mol. The molecule has 5 heteroatoms. The number of carbonyl (C=O) groups is 1. The smallest absolute Gasteiger partial charge is 0.337 e. The molecule has 1 aromatic rings. The van der Waals surface area contributed by atoms with Gasteiger partial charge in [-0.15, -0.1) is 0 Å². The predicted molar refractivity (Wildman–Crippen MR) is 43.7 cm³/mol. The standard InChI is InChI=1S/C9H8F2O3/c1-4-6(10)2-5(3-7(4)11)8(12)9(13)14/h2-3,8,12H,1H3,(H,13,14). The number of carboxylic acid groups (broad SMARTS) is 1. The Morgan fingerprint density at radius 3 is 2.14 bits per heavy atom. The van der Waals surface area contributed by atoms with Crippen molar-refractivity contribution in [1.82, 2.24) is 0 Å². The zero-order valence-corrected chi connectivity index (χ0v) is 7.29. The fourth-order valence-corrected chi connectivity index (χ4v) is 0.965. The Labute approximate surface area is 78.6 Å². The van der Waals surface area contributed by atoms with E-state index in [0.717, 1.165) is 12.1 Å². The summed E-state index contributed by atoms with van der Waals surface area (Å²) in [5, 5.41) is 17.4. The largest absolute Gasteiger partial charge is 0.479 e. The van der Waals surface area contributed by atoms with Crippen LogP contribution in [-0.4, -0.2) is 16.2 Å². The van der Waals surface area contributed by atoms with Gasteiger partial charge in [0, 0.05) is 5.56 Å². The van der Waals surface area contributed by atoms with Crippen LogP contribution in [0.1, 0.15) is 17.2 Å². The first-order valence-corrected chi connectivity index (χ1v) is 3.80. The Bertz CT molecular complexity index is 353. The highest BCUT2D eigenvalue weighted by molar-refractivity contribution is 5.74. The molecule has 0 amide bonds. The Balaban J connectivity index is 3.19. The van der Waals surface area contributed by atoms with Crippen LogP contribution < -0.4 is 0 Å². The molecule has 0 saturated carbocycles. The maximum absolute atomic E-state index is 12.9. The van der Waals surface area contributed by atoms with Crippen LogP contribution in [0.15, 0.2) is 12.1 Å². The maximum Gasteiger partial charge on any atom is 0.337 e. The monoisotopic (exact) mass is 202 g/mol. The Morgan fingerprint density at radius 1 is 1.36 bits per heavy atom. The number of aliphatic hydroxyl groups excluding tert-OH is 1. The van der Waals surface area contributed by atoms with Crippen molar-refractivity contribution in [1.29, 1.82) is 0 Å². The summed E-state index contributed by atoms with van der Waals surface area (Å²) in [6, 6.07) is 1.61. The summed E-state index contributed by atoms with van der Waals surface area (Å²) in [7, 11) is 0. The van der Waals surface area contributed by atoms with Crippen LogP contribution in [0, 0.1) is 18.6 Å². The fourth-order valence-electron chi connectivity index (χ4n) is 0.965. The average Bonchev–Trinajstić information content (AvgIpc) is 2.12. The van der Waals surface area contributed by atoms with Crippen LogP contribution >= 0.6 is 0 Å². The van der Waals surface area contributed by atoms with Gasteiger partial charge in [-0.1, -0.05) is 0 Å². The topological polar surface area (TPSA) is 57.5 Å². The normalized spacial score (nSPS) is 12.6. The number of carboxylic acids is 1. The summed E-state index contributed by atoms with van der Waals surface area (Å²) in [5.74, 6) is -3.30. The van der Waals surface area contributed by atoms with Crippen molar-refractivity contribution in [3.63, 3.8) is 0 Å². The van der Waals surface area contributed by atoms with E-state index in [1.807, 2.05) is 0 Å². The van der Waals surface area contributed by atoms with Crippen molar-refractivity contribution in [2.24, 2.45) is 0 Å². The highest BCUT2D eigenvalue weighted by Gasteiger charge is 2.18. The van der Waals surface area contributed by atoms with E-state index in [-0.39, 0.29) is 11.1 Å². The van der Waals surface area contributed by atoms with E-state index in [0.29, 0.717) is 0 Å². The molecule has 0 heterocycles. The zero-order chi connectivity index (χ0) is 10.9. The van der Waals surface area contributed by atoms with Crippen molar-refractivity contribution in [3.05, 3.63) is 34.9 Å². The van der Waals surface area contributed by atoms with Crippen molar-refractivity contribution in [2.75, 3.05) is 0 Å². The molecule has 1 rings (SSSR count). The van der Waals surface area contributed by atoms with Gasteiger partial charge >= 0.3 is 5.97 Å². The number of aliphatic carboxylic acids is 1. The molecule has 2 N–H and O–H groups in total. The molecule has 76 valence electrons. The SMILES string of the molecule is Cc1c(F)cc(C(O)C(=O)O)cc1F. The third kappa shape index (κ3) is 1.88. The molecule has 1 atom stereocenters. The molecule has 0 fully saturated rings. The number of rotatable bonds is 2. The molecule has 14 heavy (non-hydrogen) atoms. The van der Waals surface area contributed by atoms with E-state index in [1.165, 1.54) is 6.92 Å². The van der Waals surface area contributed by atoms with E-state index in [9.17, 15) is 13.6 Å². The van der Waals surface area contributed by atoms with Crippen LogP contribution in [0.3, 0.4) is 0 Å². The first-order valence-electron chi connectivity index (χ1n) is 3.80. The quantitative estimate of drug-likeness (QED) is 0.761. The first kappa shape index (κ1) is 10.6. The van der Waals surface area contributed by atoms with E-state index in [2.05, 4.69) is 0 Å². The van der Waals surface area contributed by atoms with Crippen molar-refractivity contribution in [2.45, 2.75) is 13.0 Å². The van der Waals surface area contributed by atoms with Gasteiger partial charge in [0.2, 0.25) is 0 Å². The van der Waals surface area contributed by atoms with E-state index >= 15 is 0 Å². The van der Waals surface area contributed by atoms with Gasteiger partial charge in [0.05, 0.1) is 0 Å². The van der Waals surface area contributed by atoms with Crippen LogP contribution in [0.5, 0.6) is 0 Å². The highest BCUT2D eigenvalue weighted by Crippen LogP contribution is 2.19. The molecule has 0 saturated heterocycles. The molecule has 0 radical (unpaired) electrons. The summed E-state index contributed by atoms with van der Waals surface area (Å²) < 4.78 is 25.8. The van der Waals surface area contributed by atoms with Crippen LogP contribution in [0.25, 0.3) is 0 Å². The van der Waals surface area contributed by atoms with Gasteiger partial charge in [-0.05, 0) is 24.6 Å². The van der Waals surface area contributed by atoms with Gasteiger partial charge in [-0.2, -0.15) is 0 Å². The second kappa shape index (κ2) is 3.71. The molecule has 0 aliphatic heterocycles. The minimum atomic E-state index is -1.90. The predicted octanol–water partition coefficient (Wildman–Crippen LogP) is 1.39. The molecule has 0 aromatic heterocycles. The Morgan fingerprint density at radius 2 is 1.79 bits per heavy atom. The first-order chi connectivity index (χ1) is 6.43. The molecule has 0 aliphatic carbocycles. The highest BCUT2D eigenvalue weighted by atomic mass is 19.1. The van der Waals surface area contributed by atoms with E-state index in [1.54, 1.807) is 0 Å². The molecule has 0 bridgehead atoms. The lowest BCUT2D eigenvalue weighted by molar-refractivity contribution is -0.146. The fraction of sp³-hybridized carbons (Fsp3) is 0.222. The molecule has 0 aliphatic rings. The third-order valence-electron chi connectivity index (χ3n) is 1.85. The van der Waals surface area contributed by atoms with Crippen molar-refractivity contribution < 1.29 is 23.8 Å². The number of aliphatic hydroxyl groups is 1. The van der Waals surface area contributed by atoms with Gasteiger partial charge in [0.25, 0.3) is 0 Å². The van der Waals surface area contributed by atoms with Gasteiger partial charge in [-0.3, -0.25) is 0 Å². The van der Waals surface area contributed by atoms with E-state index in [4.69, 9.17) is 10.2 Å². The molecule has 3 nitrogen and oxygen atoms in total. The molecular formula is C9H8F2O3. The summed E-state index contributed by atoms with van der Waals surface area (Å²) in [4.78, 5) is 10.3. The number of hydrogen-bond donors (Lipinski definition) is 2. The van der Waals surface area contributed by atoms with Crippen molar-refractivity contribution >= 4 is 5.97 Å². The van der Waals surface area contributed by atoms with Crippen molar-refractivity contribution in [3.8, 4) is 0 Å². The van der Waals surface area contributed by atoms with Gasteiger partial charge < -0.3 is 10.2 Å². The van der Waals surface area contributed by atoms with E-state index < -0.39 is 23.7 Å². The number of hydrogen-bond acceptors (Lipinski definition) is 2.